The van der Waals surface area contributed by atoms with E-state index in [0.717, 1.165) is 42.0 Å². The van der Waals surface area contributed by atoms with Crippen LogP contribution in [-0.4, -0.2) is 49.2 Å². The van der Waals surface area contributed by atoms with Gasteiger partial charge < -0.3 is 19.7 Å². The smallest absolute Gasteiger partial charge is 0.225 e. The molecule has 2 heterocycles. The van der Waals surface area contributed by atoms with Crippen LogP contribution in [0, 0.1) is 0 Å². The minimum atomic E-state index is -0.714. The number of carbonyl (C=O) groups excluding carboxylic acids is 1. The van der Waals surface area contributed by atoms with Crippen LogP contribution in [0.5, 0.6) is 11.5 Å². The normalized spacial score (nSPS) is 20.9. The van der Waals surface area contributed by atoms with Gasteiger partial charge >= 0.3 is 0 Å². The van der Waals surface area contributed by atoms with E-state index < -0.39 is 5.54 Å². The molecular weight excluding hydrogens is 510 g/mol. The molecule has 2 aliphatic heterocycles. The summed E-state index contributed by atoms with van der Waals surface area (Å²) in [5, 5.41) is 3.98. The summed E-state index contributed by atoms with van der Waals surface area (Å²) in [7, 11) is 3.36. The highest BCUT2D eigenvalue weighted by molar-refractivity contribution is 5.78. The molecule has 1 saturated heterocycles. The highest BCUT2D eigenvalue weighted by atomic mass is 16.5. The van der Waals surface area contributed by atoms with Crippen molar-refractivity contribution in [1.82, 2.24) is 15.1 Å². The van der Waals surface area contributed by atoms with E-state index in [4.69, 9.17) is 9.47 Å². The zero-order chi connectivity index (χ0) is 28.2. The van der Waals surface area contributed by atoms with Crippen LogP contribution in [0.4, 0.5) is 0 Å². The van der Waals surface area contributed by atoms with E-state index in [1.165, 1.54) is 11.1 Å². The monoisotopic (exact) mass is 547 g/mol. The highest BCUT2D eigenvalue weighted by Crippen LogP contribution is 2.46. The number of ether oxygens (including phenoxy) is 2. The van der Waals surface area contributed by atoms with Gasteiger partial charge in [0.2, 0.25) is 5.91 Å². The van der Waals surface area contributed by atoms with Gasteiger partial charge in [0.15, 0.2) is 11.5 Å². The third-order valence-electron chi connectivity index (χ3n) is 8.45. The maximum atomic E-state index is 14.0. The largest absolute Gasteiger partial charge is 0.493 e. The Hall–Kier alpha value is -4.13. The van der Waals surface area contributed by atoms with E-state index in [1.54, 1.807) is 14.2 Å². The van der Waals surface area contributed by atoms with E-state index in [0.29, 0.717) is 25.3 Å². The molecule has 0 aliphatic carbocycles. The van der Waals surface area contributed by atoms with Gasteiger partial charge in [-0.05, 0) is 46.4 Å². The van der Waals surface area contributed by atoms with Crippen LogP contribution in [0.15, 0.2) is 103 Å². The molecule has 2 atom stereocenters. The van der Waals surface area contributed by atoms with Crippen molar-refractivity contribution in [2.24, 2.45) is 0 Å². The van der Waals surface area contributed by atoms with Gasteiger partial charge in [0, 0.05) is 32.6 Å². The summed E-state index contributed by atoms with van der Waals surface area (Å²) < 4.78 is 11.6. The quantitative estimate of drug-likeness (QED) is 0.322. The van der Waals surface area contributed by atoms with Crippen molar-refractivity contribution in [3.05, 3.63) is 131 Å². The Morgan fingerprint density at radius 3 is 2.00 bits per heavy atom. The molecule has 0 saturated carbocycles. The van der Waals surface area contributed by atoms with Gasteiger partial charge in [-0.3, -0.25) is 9.69 Å². The third-order valence-corrected chi connectivity index (χ3v) is 8.45. The molecule has 6 heteroatoms. The summed E-state index contributed by atoms with van der Waals surface area (Å²) in [6.45, 7) is 2.68. The average molecular weight is 548 g/mol. The second kappa shape index (κ2) is 11.8. The van der Waals surface area contributed by atoms with Gasteiger partial charge in [-0.15, -0.1) is 0 Å². The first-order chi connectivity index (χ1) is 20.1. The Morgan fingerprint density at radius 1 is 0.780 bits per heavy atom. The summed E-state index contributed by atoms with van der Waals surface area (Å²) in [5.74, 6) is 1.56. The molecule has 210 valence electrons. The Labute approximate surface area is 242 Å². The zero-order valence-corrected chi connectivity index (χ0v) is 23.8. The van der Waals surface area contributed by atoms with Gasteiger partial charge in [0.25, 0.3) is 0 Å². The summed E-state index contributed by atoms with van der Waals surface area (Å²) in [4.78, 5) is 18.6. The van der Waals surface area contributed by atoms with Gasteiger partial charge in [-0.25, -0.2) is 0 Å². The van der Waals surface area contributed by atoms with Crippen LogP contribution in [0.2, 0.25) is 0 Å². The molecular formula is C35H37N3O3. The van der Waals surface area contributed by atoms with Crippen LogP contribution in [0.25, 0.3) is 0 Å². The number of carbonyl (C=O) groups is 1. The second-order valence-corrected chi connectivity index (χ2v) is 10.8. The number of hydrogen-bond acceptors (Lipinski definition) is 5. The Morgan fingerprint density at radius 2 is 1.37 bits per heavy atom. The number of benzene rings is 4. The van der Waals surface area contributed by atoms with E-state index in [2.05, 4.69) is 87.9 Å². The molecule has 0 bridgehead atoms. The molecule has 0 radical (unpaired) electrons. The number of rotatable bonds is 8. The van der Waals surface area contributed by atoms with E-state index in [9.17, 15) is 4.79 Å². The zero-order valence-electron chi connectivity index (χ0n) is 23.8. The minimum Gasteiger partial charge on any atom is -0.493 e. The van der Waals surface area contributed by atoms with Gasteiger partial charge in [0.05, 0.1) is 14.2 Å². The number of amides is 1. The first kappa shape index (κ1) is 27.1. The Balaban J connectivity index is 1.59. The van der Waals surface area contributed by atoms with Gasteiger partial charge in [-0.1, -0.05) is 91.0 Å². The number of fused-ring (bicyclic) bond motifs is 1. The number of nitrogens with one attached hydrogen (secondary N) is 1. The molecule has 6 rings (SSSR count). The summed E-state index contributed by atoms with van der Waals surface area (Å²) in [5.41, 5.74) is 5.04. The molecule has 41 heavy (non-hydrogen) atoms. The van der Waals surface area contributed by atoms with Gasteiger partial charge in [-0.2, -0.15) is 0 Å². The van der Waals surface area contributed by atoms with Crippen LogP contribution in [-0.2, 0) is 29.8 Å². The first-order valence-corrected chi connectivity index (χ1v) is 14.3. The molecule has 0 aromatic heterocycles. The first-order valence-electron chi connectivity index (χ1n) is 14.3. The van der Waals surface area contributed by atoms with Gasteiger partial charge in [0.1, 0.15) is 11.7 Å². The fraction of sp³-hybridized carbons (Fsp3) is 0.286. The maximum Gasteiger partial charge on any atom is 0.225 e. The molecule has 0 spiro atoms. The topological polar surface area (TPSA) is 54.0 Å². The van der Waals surface area contributed by atoms with Crippen molar-refractivity contribution in [3.63, 3.8) is 0 Å². The lowest BCUT2D eigenvalue weighted by molar-refractivity contribution is -0.152. The Bertz CT molecular complexity index is 1480. The maximum absolute atomic E-state index is 14.0. The van der Waals surface area contributed by atoms with E-state index in [1.807, 2.05) is 30.3 Å². The predicted molar refractivity (Wildman–Crippen MR) is 161 cm³/mol. The molecule has 1 N–H and O–H groups in total. The second-order valence-electron chi connectivity index (χ2n) is 10.8. The Kier molecular flexibility index (Phi) is 7.77. The molecule has 1 amide bonds. The number of nitrogens with zero attached hydrogens (tertiary/aromatic N) is 2. The average Bonchev–Trinajstić information content (AvgIpc) is 3.03. The van der Waals surface area contributed by atoms with E-state index in [-0.39, 0.29) is 12.1 Å². The van der Waals surface area contributed by atoms with Crippen LogP contribution in [0.3, 0.4) is 0 Å². The van der Waals surface area contributed by atoms with Crippen LogP contribution < -0.4 is 14.8 Å². The number of hydrogen-bond donors (Lipinski definition) is 1. The van der Waals surface area contributed by atoms with E-state index >= 15 is 0 Å². The molecule has 1 fully saturated rings. The summed E-state index contributed by atoms with van der Waals surface area (Å²) in [6.07, 6.45) is 1.02. The summed E-state index contributed by atoms with van der Waals surface area (Å²) in [6, 6.07) is 35.7. The standard InChI is InChI=1S/C35H37N3O3/c1-40-31-22-28-18-20-36-35(29-16-10-5-11-17-29,30(28)23-32(31)41-2)34-37(24-26-12-6-3-7-13-26)21-19-33(39)38(34)25-27-14-8-4-9-15-27/h3-17,22-23,34,36H,18-21,24-25H2,1-2H3. The fourth-order valence-corrected chi connectivity index (χ4v) is 6.61. The lowest BCUT2D eigenvalue weighted by Crippen LogP contribution is -2.70. The van der Waals surface area contributed by atoms with Crippen molar-refractivity contribution in [1.29, 1.82) is 0 Å². The highest BCUT2D eigenvalue weighted by Gasteiger charge is 2.53. The minimum absolute atomic E-state index is 0.160. The van der Waals surface area contributed by atoms with Crippen molar-refractivity contribution >= 4 is 5.91 Å². The lowest BCUT2D eigenvalue weighted by atomic mass is 9.73. The fourth-order valence-electron chi connectivity index (χ4n) is 6.61. The number of methoxy groups -OCH3 is 2. The molecule has 2 aliphatic rings. The lowest BCUT2D eigenvalue weighted by Gasteiger charge is -2.55. The van der Waals surface area contributed by atoms with Crippen molar-refractivity contribution in [2.45, 2.75) is 37.6 Å². The molecule has 4 aromatic carbocycles. The van der Waals surface area contributed by atoms with Crippen molar-refractivity contribution in [2.75, 3.05) is 27.3 Å². The SMILES string of the molecule is COc1cc2c(cc1OC)C(c1ccccc1)(C1N(Cc3ccccc3)CCC(=O)N1Cc1ccccc1)NCC2. The molecule has 4 aromatic rings. The van der Waals surface area contributed by atoms with Crippen LogP contribution >= 0.6 is 0 Å². The molecule has 2 unspecified atom stereocenters. The van der Waals surface area contributed by atoms with Crippen LogP contribution in [0.1, 0.15) is 34.2 Å². The third kappa shape index (κ3) is 5.09. The van der Waals surface area contributed by atoms with Crippen molar-refractivity contribution in [3.8, 4) is 11.5 Å². The predicted octanol–water partition coefficient (Wildman–Crippen LogP) is 5.35. The molecule has 6 nitrogen and oxygen atoms in total. The van der Waals surface area contributed by atoms with Crippen molar-refractivity contribution < 1.29 is 14.3 Å². The summed E-state index contributed by atoms with van der Waals surface area (Å²) >= 11 is 0.